The summed E-state index contributed by atoms with van der Waals surface area (Å²) in [5.74, 6) is 1.13. The summed E-state index contributed by atoms with van der Waals surface area (Å²) < 4.78 is 24.2. The van der Waals surface area contributed by atoms with Gasteiger partial charge in [-0.1, -0.05) is 17.7 Å². The number of thiazole rings is 1. The van der Waals surface area contributed by atoms with Crippen LogP contribution in [0.5, 0.6) is 11.5 Å². The van der Waals surface area contributed by atoms with Crippen molar-refractivity contribution in [1.82, 2.24) is 4.98 Å². The predicted molar refractivity (Wildman–Crippen MR) is 106 cm³/mol. The van der Waals surface area contributed by atoms with Crippen LogP contribution in [0.2, 0.25) is 5.02 Å². The number of ether oxygens (including phenoxy) is 2. The molecule has 1 aromatic heterocycles. The van der Waals surface area contributed by atoms with E-state index in [-0.39, 0.29) is 12.4 Å². The third-order valence-corrected chi connectivity index (χ3v) is 4.60. The first-order valence-corrected chi connectivity index (χ1v) is 9.06. The third kappa shape index (κ3) is 5.08. The van der Waals surface area contributed by atoms with Gasteiger partial charge < -0.3 is 15.2 Å². The van der Waals surface area contributed by atoms with Crippen LogP contribution in [0.25, 0.3) is 0 Å². The molecule has 0 bridgehead atoms. The fourth-order valence-corrected chi connectivity index (χ4v) is 2.95. The molecule has 2 aromatic carbocycles. The number of anilines is 2. The summed E-state index contributed by atoms with van der Waals surface area (Å²) in [5, 5.41) is 6.75. The van der Waals surface area contributed by atoms with E-state index in [2.05, 4.69) is 15.5 Å². The number of halogens is 2. The first-order valence-electron chi connectivity index (χ1n) is 7.80. The zero-order valence-electron chi connectivity index (χ0n) is 14.3. The number of rotatable bonds is 7. The summed E-state index contributed by atoms with van der Waals surface area (Å²) in [7, 11) is 1.55. The van der Waals surface area contributed by atoms with E-state index in [0.29, 0.717) is 33.0 Å². The van der Waals surface area contributed by atoms with Crippen molar-refractivity contribution in [2.75, 3.05) is 18.3 Å². The van der Waals surface area contributed by atoms with E-state index in [4.69, 9.17) is 26.8 Å². The van der Waals surface area contributed by atoms with Crippen molar-refractivity contribution < 1.29 is 13.9 Å². The lowest BCUT2D eigenvalue weighted by atomic mass is 10.2. The van der Waals surface area contributed by atoms with Crippen LogP contribution in [0.15, 0.2) is 46.9 Å². The minimum atomic E-state index is -0.390. The van der Waals surface area contributed by atoms with Crippen molar-refractivity contribution in [2.45, 2.75) is 6.61 Å². The average molecular weight is 407 g/mol. The molecule has 0 amide bonds. The molecule has 0 radical (unpaired) electrons. The Balaban J connectivity index is 1.66. The van der Waals surface area contributed by atoms with Crippen molar-refractivity contribution in [3.63, 3.8) is 0 Å². The fraction of sp³-hybridized carbons (Fsp3) is 0.111. The van der Waals surface area contributed by atoms with E-state index < -0.39 is 0 Å². The van der Waals surface area contributed by atoms with Crippen LogP contribution < -0.4 is 20.6 Å². The summed E-state index contributed by atoms with van der Waals surface area (Å²) in [6.45, 7) is 0.190. The summed E-state index contributed by atoms with van der Waals surface area (Å²) in [6.07, 6.45) is 1.63. The maximum atomic E-state index is 13.1. The Labute approximate surface area is 164 Å². The fourth-order valence-electron chi connectivity index (χ4n) is 2.18. The highest BCUT2D eigenvalue weighted by atomic mass is 35.5. The third-order valence-electron chi connectivity index (χ3n) is 3.48. The van der Waals surface area contributed by atoms with Gasteiger partial charge in [0.2, 0.25) is 5.13 Å². The Morgan fingerprint density at radius 3 is 2.85 bits per heavy atom. The highest BCUT2D eigenvalue weighted by Gasteiger charge is 2.08. The number of hydrogen-bond donors (Lipinski definition) is 2. The number of methoxy groups -OCH3 is 1. The standard InChI is InChI=1S/C18H16ClFN4O2S/c1-25-16-6-11(8-22-24-18-23-17(21)10-27-18)2-5-15(16)26-9-12-3-4-13(20)7-14(12)19/h2-8,10H,9,21H2,1H3,(H,23,24). The maximum Gasteiger partial charge on any atom is 0.205 e. The second-order valence-electron chi connectivity index (χ2n) is 5.38. The number of nitrogen functional groups attached to an aromatic ring is 1. The van der Waals surface area contributed by atoms with Crippen molar-refractivity contribution in [3.8, 4) is 11.5 Å². The smallest absolute Gasteiger partial charge is 0.205 e. The number of nitrogens with two attached hydrogens (primary N) is 1. The van der Waals surface area contributed by atoms with Crippen LogP contribution in [0.4, 0.5) is 15.3 Å². The molecule has 27 heavy (non-hydrogen) atoms. The van der Waals surface area contributed by atoms with E-state index in [0.717, 1.165) is 5.56 Å². The molecule has 9 heteroatoms. The largest absolute Gasteiger partial charge is 0.493 e. The Morgan fingerprint density at radius 2 is 2.15 bits per heavy atom. The van der Waals surface area contributed by atoms with Gasteiger partial charge in [-0.3, -0.25) is 5.43 Å². The molecule has 3 rings (SSSR count). The van der Waals surface area contributed by atoms with Gasteiger partial charge in [-0.05, 0) is 35.9 Å². The second kappa shape index (κ2) is 8.70. The molecule has 6 nitrogen and oxygen atoms in total. The first-order chi connectivity index (χ1) is 13.0. The van der Waals surface area contributed by atoms with E-state index in [1.54, 1.807) is 36.9 Å². The first kappa shape index (κ1) is 18.9. The highest BCUT2D eigenvalue weighted by Crippen LogP contribution is 2.29. The molecular formula is C18H16ClFN4O2S. The van der Waals surface area contributed by atoms with Crippen molar-refractivity contribution >= 4 is 40.1 Å². The minimum Gasteiger partial charge on any atom is -0.493 e. The number of nitrogens with zero attached hydrogens (tertiary/aromatic N) is 2. The summed E-state index contributed by atoms with van der Waals surface area (Å²) in [6, 6.07) is 9.54. The normalized spacial score (nSPS) is 10.9. The summed E-state index contributed by atoms with van der Waals surface area (Å²) in [5.41, 5.74) is 9.84. The van der Waals surface area contributed by atoms with Crippen molar-refractivity contribution in [2.24, 2.45) is 5.10 Å². The zero-order valence-corrected chi connectivity index (χ0v) is 15.9. The highest BCUT2D eigenvalue weighted by molar-refractivity contribution is 7.14. The van der Waals surface area contributed by atoms with Gasteiger partial charge in [0.05, 0.1) is 18.3 Å². The molecule has 3 aromatic rings. The van der Waals surface area contributed by atoms with Crippen molar-refractivity contribution in [3.05, 3.63) is 63.7 Å². The molecule has 140 valence electrons. The van der Waals surface area contributed by atoms with Gasteiger partial charge in [-0.15, -0.1) is 11.3 Å². The quantitative estimate of drug-likeness (QED) is 0.444. The van der Waals surface area contributed by atoms with Gasteiger partial charge in [-0.2, -0.15) is 5.10 Å². The van der Waals surface area contributed by atoms with Gasteiger partial charge in [0, 0.05) is 10.9 Å². The Morgan fingerprint density at radius 1 is 1.30 bits per heavy atom. The molecule has 3 N–H and O–H groups in total. The van der Waals surface area contributed by atoms with Crippen molar-refractivity contribution in [1.29, 1.82) is 0 Å². The SMILES string of the molecule is COc1cc(C=NNc2nc(N)cs2)ccc1OCc1ccc(F)cc1Cl. The Bertz CT molecular complexity index is 964. The molecule has 0 atom stereocenters. The second-order valence-corrected chi connectivity index (χ2v) is 6.65. The molecule has 0 unspecified atom stereocenters. The van der Waals surface area contributed by atoms with Gasteiger partial charge in [0.1, 0.15) is 18.2 Å². The van der Waals surface area contributed by atoms with Crippen LogP contribution in [0, 0.1) is 5.82 Å². The van der Waals surface area contributed by atoms with Crippen LogP contribution in [-0.2, 0) is 6.61 Å². The number of benzene rings is 2. The number of aromatic nitrogens is 1. The van der Waals surface area contributed by atoms with Crippen LogP contribution in [0.3, 0.4) is 0 Å². The monoisotopic (exact) mass is 406 g/mol. The van der Waals surface area contributed by atoms with Crippen LogP contribution in [-0.4, -0.2) is 18.3 Å². The molecule has 0 saturated heterocycles. The molecule has 0 aliphatic carbocycles. The lowest BCUT2D eigenvalue weighted by molar-refractivity contribution is 0.284. The summed E-state index contributed by atoms with van der Waals surface area (Å²) in [4.78, 5) is 4.05. The molecule has 0 spiro atoms. The van der Waals surface area contributed by atoms with E-state index in [9.17, 15) is 4.39 Å². The van der Waals surface area contributed by atoms with Crippen LogP contribution in [0.1, 0.15) is 11.1 Å². The lowest BCUT2D eigenvalue weighted by Gasteiger charge is -2.12. The van der Waals surface area contributed by atoms with E-state index in [1.807, 2.05) is 6.07 Å². The van der Waals surface area contributed by atoms with E-state index >= 15 is 0 Å². The topological polar surface area (TPSA) is 81.8 Å². The minimum absolute atomic E-state index is 0.190. The van der Waals surface area contributed by atoms with E-state index in [1.165, 1.54) is 23.5 Å². The molecular weight excluding hydrogens is 391 g/mol. The summed E-state index contributed by atoms with van der Waals surface area (Å²) >= 11 is 7.38. The Hall–Kier alpha value is -2.84. The van der Waals surface area contributed by atoms with Gasteiger partial charge >= 0.3 is 0 Å². The zero-order chi connectivity index (χ0) is 19.2. The van der Waals surface area contributed by atoms with Gasteiger partial charge in [0.25, 0.3) is 0 Å². The molecule has 1 heterocycles. The molecule has 0 aliphatic rings. The maximum absolute atomic E-state index is 13.1. The number of hydrogen-bond acceptors (Lipinski definition) is 7. The van der Waals surface area contributed by atoms with Gasteiger partial charge in [0.15, 0.2) is 11.5 Å². The molecule has 0 saturated carbocycles. The Kier molecular flexibility index (Phi) is 6.10. The van der Waals surface area contributed by atoms with Gasteiger partial charge in [-0.25, -0.2) is 9.37 Å². The molecule has 0 fully saturated rings. The molecule has 0 aliphatic heterocycles. The lowest BCUT2D eigenvalue weighted by Crippen LogP contribution is -1.99. The predicted octanol–water partition coefficient (Wildman–Crippen LogP) is 4.55. The van der Waals surface area contributed by atoms with Crippen LogP contribution >= 0.6 is 22.9 Å². The number of nitrogens with one attached hydrogen (secondary N) is 1. The average Bonchev–Trinajstić information content (AvgIpc) is 3.06. The number of hydrazone groups is 1.